The van der Waals surface area contributed by atoms with E-state index in [0.717, 1.165) is 63.3 Å². The molecule has 0 aliphatic carbocycles. The number of carbonyl (C=O) groups is 1. The van der Waals surface area contributed by atoms with Crippen LogP contribution in [0, 0.1) is 0 Å². The maximum Gasteiger partial charge on any atom is 0.321 e. The smallest absolute Gasteiger partial charge is 0.321 e. The summed E-state index contributed by atoms with van der Waals surface area (Å²) in [6.07, 6.45) is 7.88. The molecule has 0 radical (unpaired) electrons. The molecule has 31 heavy (non-hydrogen) atoms. The van der Waals surface area contributed by atoms with Gasteiger partial charge in [0.15, 0.2) is 11.5 Å². The zero-order valence-electron chi connectivity index (χ0n) is 17.5. The van der Waals surface area contributed by atoms with Crippen molar-refractivity contribution in [3.63, 3.8) is 0 Å². The third kappa shape index (κ3) is 4.69. The van der Waals surface area contributed by atoms with Gasteiger partial charge in [-0.1, -0.05) is 0 Å². The molecule has 2 saturated heterocycles. The number of nitrogens with zero attached hydrogens (tertiary/aromatic N) is 3. The van der Waals surface area contributed by atoms with Crippen LogP contribution in [-0.4, -0.2) is 65.9 Å². The second-order valence-electron chi connectivity index (χ2n) is 8.25. The molecule has 0 bridgehead atoms. The van der Waals surface area contributed by atoms with Crippen LogP contribution in [0.2, 0.25) is 0 Å². The normalized spacial score (nSPS) is 19.9. The van der Waals surface area contributed by atoms with Gasteiger partial charge in [0.05, 0.1) is 0 Å². The van der Waals surface area contributed by atoms with Gasteiger partial charge in [0, 0.05) is 56.4 Å². The van der Waals surface area contributed by atoms with Gasteiger partial charge in [-0.05, 0) is 49.9 Å². The fourth-order valence-electron chi connectivity index (χ4n) is 4.58. The summed E-state index contributed by atoms with van der Waals surface area (Å²) in [5.41, 5.74) is 0.729. The third-order valence-corrected chi connectivity index (χ3v) is 6.32. The number of benzene rings is 1. The van der Waals surface area contributed by atoms with E-state index in [4.69, 9.17) is 14.2 Å². The second kappa shape index (κ2) is 9.01. The van der Waals surface area contributed by atoms with Gasteiger partial charge in [0.2, 0.25) is 6.79 Å². The number of aromatic nitrogens is 1. The molecule has 2 fully saturated rings. The van der Waals surface area contributed by atoms with Gasteiger partial charge < -0.3 is 24.4 Å². The Hall–Kier alpha value is -3.00. The predicted octanol–water partition coefficient (Wildman–Crippen LogP) is 3.35. The van der Waals surface area contributed by atoms with Crippen LogP contribution in [0.5, 0.6) is 17.2 Å². The first-order valence-electron chi connectivity index (χ1n) is 11.0. The third-order valence-electron chi connectivity index (χ3n) is 6.32. The van der Waals surface area contributed by atoms with Crippen molar-refractivity contribution < 1.29 is 19.0 Å². The van der Waals surface area contributed by atoms with Crippen LogP contribution in [0.3, 0.4) is 0 Å². The standard InChI is InChI=1S/C23H28N4O4/c28-23(25-17-1-2-21-22(15-17)30-16-29-21)27-11-5-18(6-12-27)26-13-7-20(8-14-26)31-19-3-9-24-10-4-19/h1-4,9-10,15,18,20H,5-8,11-14,16H2,(H,25,28). The topological polar surface area (TPSA) is 76.2 Å². The molecule has 8 heteroatoms. The SMILES string of the molecule is O=C(Nc1ccc2c(c1)OCO2)N1CCC(N2CCC(Oc3ccncc3)CC2)CC1. The summed E-state index contributed by atoms with van der Waals surface area (Å²) in [6, 6.07) is 9.79. The summed E-state index contributed by atoms with van der Waals surface area (Å²) in [5, 5.41) is 2.98. The molecule has 4 heterocycles. The Balaban J connectivity index is 1.06. The number of pyridine rings is 1. The highest BCUT2D eigenvalue weighted by atomic mass is 16.7. The first kappa shape index (κ1) is 19.9. The summed E-state index contributed by atoms with van der Waals surface area (Å²) in [5.74, 6) is 2.29. The first-order valence-corrected chi connectivity index (χ1v) is 11.0. The lowest BCUT2D eigenvalue weighted by Gasteiger charge is -2.41. The Bertz CT molecular complexity index is 894. The number of hydrogen-bond acceptors (Lipinski definition) is 6. The highest BCUT2D eigenvalue weighted by molar-refractivity contribution is 5.89. The Labute approximate surface area is 182 Å². The minimum Gasteiger partial charge on any atom is -0.490 e. The minimum atomic E-state index is -0.0539. The first-order chi connectivity index (χ1) is 15.2. The Morgan fingerprint density at radius 1 is 0.968 bits per heavy atom. The molecule has 3 aliphatic rings. The molecule has 5 rings (SSSR count). The van der Waals surface area contributed by atoms with Crippen LogP contribution in [0.15, 0.2) is 42.7 Å². The van der Waals surface area contributed by atoms with E-state index in [-0.39, 0.29) is 18.9 Å². The van der Waals surface area contributed by atoms with E-state index in [0.29, 0.717) is 17.5 Å². The van der Waals surface area contributed by atoms with Crippen molar-refractivity contribution >= 4 is 11.7 Å². The van der Waals surface area contributed by atoms with Gasteiger partial charge >= 0.3 is 6.03 Å². The lowest BCUT2D eigenvalue weighted by molar-refractivity contribution is 0.0545. The van der Waals surface area contributed by atoms with Gasteiger partial charge in [-0.3, -0.25) is 9.88 Å². The summed E-state index contributed by atoms with van der Waals surface area (Å²) in [7, 11) is 0. The van der Waals surface area contributed by atoms with E-state index < -0.39 is 0 Å². The fraction of sp³-hybridized carbons (Fsp3) is 0.478. The number of carbonyl (C=O) groups excluding carboxylic acids is 1. The summed E-state index contributed by atoms with van der Waals surface area (Å²) in [6.45, 7) is 3.87. The van der Waals surface area contributed by atoms with Crippen LogP contribution in [0.1, 0.15) is 25.7 Å². The molecule has 0 saturated carbocycles. The average Bonchev–Trinajstić information content (AvgIpc) is 3.28. The lowest BCUT2D eigenvalue weighted by atomic mass is 9.99. The van der Waals surface area contributed by atoms with Crippen molar-refractivity contribution in [2.24, 2.45) is 0 Å². The van der Waals surface area contributed by atoms with Crippen molar-refractivity contribution in [3.05, 3.63) is 42.7 Å². The number of urea groups is 1. The largest absolute Gasteiger partial charge is 0.490 e. The quantitative estimate of drug-likeness (QED) is 0.811. The number of amides is 2. The van der Waals surface area contributed by atoms with Gasteiger partial charge in [-0.2, -0.15) is 0 Å². The second-order valence-corrected chi connectivity index (χ2v) is 8.25. The van der Waals surface area contributed by atoms with E-state index in [9.17, 15) is 4.79 Å². The van der Waals surface area contributed by atoms with Crippen molar-refractivity contribution in [1.29, 1.82) is 0 Å². The summed E-state index contributed by atoms with van der Waals surface area (Å²) < 4.78 is 16.8. The van der Waals surface area contributed by atoms with Crippen molar-refractivity contribution in [3.8, 4) is 17.2 Å². The van der Waals surface area contributed by atoms with Crippen LogP contribution in [0.25, 0.3) is 0 Å². The molecule has 1 aromatic carbocycles. The molecule has 0 spiro atoms. The van der Waals surface area contributed by atoms with E-state index in [2.05, 4.69) is 15.2 Å². The maximum absolute atomic E-state index is 12.7. The Morgan fingerprint density at radius 2 is 1.71 bits per heavy atom. The van der Waals surface area contributed by atoms with E-state index in [1.165, 1.54) is 0 Å². The molecular weight excluding hydrogens is 396 g/mol. The molecule has 1 aromatic heterocycles. The lowest BCUT2D eigenvalue weighted by Crippen LogP contribution is -2.50. The zero-order chi connectivity index (χ0) is 21.0. The van der Waals surface area contributed by atoms with Crippen LogP contribution < -0.4 is 19.5 Å². The number of fused-ring (bicyclic) bond motifs is 1. The summed E-state index contributed by atoms with van der Waals surface area (Å²) >= 11 is 0. The molecule has 2 amide bonds. The van der Waals surface area contributed by atoms with Crippen LogP contribution in [-0.2, 0) is 0 Å². The maximum atomic E-state index is 12.7. The highest BCUT2D eigenvalue weighted by Gasteiger charge is 2.30. The van der Waals surface area contributed by atoms with Gasteiger partial charge in [0.1, 0.15) is 11.9 Å². The highest BCUT2D eigenvalue weighted by Crippen LogP contribution is 2.34. The number of piperidine rings is 2. The van der Waals surface area contributed by atoms with E-state index in [1.807, 2.05) is 35.2 Å². The number of ether oxygens (including phenoxy) is 3. The van der Waals surface area contributed by atoms with Crippen molar-refractivity contribution in [1.82, 2.24) is 14.8 Å². The van der Waals surface area contributed by atoms with Gasteiger partial charge in [-0.15, -0.1) is 0 Å². The number of likely N-dealkylation sites (tertiary alicyclic amines) is 2. The van der Waals surface area contributed by atoms with Crippen LogP contribution >= 0.6 is 0 Å². The molecule has 2 aromatic rings. The molecule has 3 aliphatic heterocycles. The summed E-state index contributed by atoms with van der Waals surface area (Å²) in [4.78, 5) is 21.2. The number of hydrogen-bond donors (Lipinski definition) is 1. The number of rotatable bonds is 4. The number of anilines is 1. The number of nitrogens with one attached hydrogen (secondary N) is 1. The fourth-order valence-corrected chi connectivity index (χ4v) is 4.58. The Kier molecular flexibility index (Phi) is 5.80. The molecule has 1 N–H and O–H groups in total. The molecule has 8 nitrogen and oxygen atoms in total. The van der Waals surface area contributed by atoms with Crippen molar-refractivity contribution in [2.45, 2.75) is 37.8 Å². The van der Waals surface area contributed by atoms with Crippen LogP contribution in [0.4, 0.5) is 10.5 Å². The molecule has 164 valence electrons. The van der Waals surface area contributed by atoms with E-state index >= 15 is 0 Å². The monoisotopic (exact) mass is 424 g/mol. The molecule has 0 unspecified atom stereocenters. The van der Waals surface area contributed by atoms with Gasteiger partial charge in [0.25, 0.3) is 0 Å². The molecular formula is C23H28N4O4. The molecule has 0 atom stereocenters. The van der Waals surface area contributed by atoms with Crippen molar-refractivity contribution in [2.75, 3.05) is 38.3 Å². The predicted molar refractivity (Wildman–Crippen MR) is 116 cm³/mol. The van der Waals surface area contributed by atoms with E-state index in [1.54, 1.807) is 12.4 Å². The Morgan fingerprint density at radius 3 is 2.48 bits per heavy atom. The minimum absolute atomic E-state index is 0.0539. The average molecular weight is 425 g/mol. The zero-order valence-corrected chi connectivity index (χ0v) is 17.5. The van der Waals surface area contributed by atoms with Gasteiger partial charge in [-0.25, -0.2) is 4.79 Å².